The number of nitrogens with one attached hydrogen (secondary N) is 1. The van der Waals surface area contributed by atoms with Crippen molar-refractivity contribution in [1.29, 1.82) is 0 Å². The molecule has 0 aliphatic carbocycles. The Balaban J connectivity index is 1.51. The number of ether oxygens (including phenoxy) is 1. The Morgan fingerprint density at radius 3 is 2.53 bits per heavy atom. The third-order valence-corrected chi connectivity index (χ3v) is 5.19. The minimum atomic E-state index is -1.59. The lowest BCUT2D eigenvalue weighted by Gasteiger charge is -2.12. The first kappa shape index (κ1) is 21.3. The van der Waals surface area contributed by atoms with Crippen molar-refractivity contribution in [3.63, 3.8) is 0 Å². The summed E-state index contributed by atoms with van der Waals surface area (Å²) < 4.78 is 49.3. The maximum atomic E-state index is 15.1. The molecule has 0 atom stereocenters. The van der Waals surface area contributed by atoms with Crippen LogP contribution in [0.15, 0.2) is 73.2 Å². The number of hydrogen-bond donors (Lipinski definition) is 1. The summed E-state index contributed by atoms with van der Waals surface area (Å²) in [5.74, 6) is -5.87. The summed E-state index contributed by atoms with van der Waals surface area (Å²) in [6.07, 6.45) is 4.72. The second kappa shape index (κ2) is 8.78. The van der Waals surface area contributed by atoms with E-state index in [9.17, 15) is 13.6 Å². The standard InChI is InChI=1S/C25H15F3N4O2/c26-17-9-21(34-13-14-4-2-1-3-5-14)24(28)22(23(17)27)25(33)15-6-7-18-19(8-15)32-20(12-29-18)16-10-30-31-11-16/h1-12H,13H2,(H,30,31). The van der Waals surface area contributed by atoms with E-state index >= 15 is 4.39 Å². The Morgan fingerprint density at radius 2 is 1.76 bits per heavy atom. The van der Waals surface area contributed by atoms with Gasteiger partial charge in [0.1, 0.15) is 12.2 Å². The van der Waals surface area contributed by atoms with E-state index in [0.717, 1.165) is 0 Å². The molecular weight excluding hydrogens is 445 g/mol. The van der Waals surface area contributed by atoms with E-state index in [1.807, 2.05) is 0 Å². The van der Waals surface area contributed by atoms with Crippen LogP contribution in [0.1, 0.15) is 21.5 Å². The zero-order chi connectivity index (χ0) is 23.7. The Morgan fingerprint density at radius 1 is 0.941 bits per heavy atom. The molecule has 0 aliphatic heterocycles. The predicted molar refractivity (Wildman–Crippen MR) is 118 cm³/mol. The molecule has 0 aliphatic rings. The van der Waals surface area contributed by atoms with Gasteiger partial charge in [-0.1, -0.05) is 30.3 Å². The fourth-order valence-electron chi connectivity index (χ4n) is 3.45. The molecule has 6 nitrogen and oxygen atoms in total. The Labute approximate surface area is 191 Å². The van der Waals surface area contributed by atoms with Gasteiger partial charge in [-0.05, 0) is 23.8 Å². The number of carbonyl (C=O) groups excluding carboxylic acids is 1. The van der Waals surface area contributed by atoms with Gasteiger partial charge in [0.2, 0.25) is 0 Å². The SMILES string of the molecule is O=C(c1ccc2ncc(-c3cn[nH]c3)nc2c1)c1c(F)c(F)cc(OCc2ccccc2)c1F. The van der Waals surface area contributed by atoms with Crippen LogP contribution in [-0.2, 0) is 6.61 Å². The maximum Gasteiger partial charge on any atom is 0.199 e. The number of rotatable bonds is 6. The molecule has 0 fully saturated rings. The van der Waals surface area contributed by atoms with E-state index in [-0.39, 0.29) is 12.2 Å². The van der Waals surface area contributed by atoms with Crippen molar-refractivity contribution in [2.45, 2.75) is 6.61 Å². The fraction of sp³-hybridized carbons (Fsp3) is 0.0400. The number of H-pyrrole nitrogens is 1. The van der Waals surface area contributed by atoms with Crippen LogP contribution >= 0.6 is 0 Å². The molecule has 0 saturated carbocycles. The largest absolute Gasteiger partial charge is 0.486 e. The Hall–Kier alpha value is -4.53. The Kier molecular flexibility index (Phi) is 5.51. The van der Waals surface area contributed by atoms with E-state index in [1.54, 1.807) is 42.7 Å². The van der Waals surface area contributed by atoms with Gasteiger partial charge in [0.25, 0.3) is 0 Å². The molecule has 3 aromatic carbocycles. The molecule has 0 unspecified atom stereocenters. The zero-order valence-corrected chi connectivity index (χ0v) is 17.4. The van der Waals surface area contributed by atoms with Gasteiger partial charge in [0.15, 0.2) is 29.0 Å². The van der Waals surface area contributed by atoms with Crippen molar-refractivity contribution < 1.29 is 22.7 Å². The second-order valence-corrected chi connectivity index (χ2v) is 7.41. The summed E-state index contributed by atoms with van der Waals surface area (Å²) >= 11 is 0. The molecule has 2 heterocycles. The molecule has 0 saturated heterocycles. The topological polar surface area (TPSA) is 80.8 Å². The van der Waals surface area contributed by atoms with Crippen LogP contribution in [-0.4, -0.2) is 25.9 Å². The highest BCUT2D eigenvalue weighted by Gasteiger charge is 2.26. The monoisotopic (exact) mass is 460 g/mol. The third-order valence-electron chi connectivity index (χ3n) is 5.19. The van der Waals surface area contributed by atoms with Gasteiger partial charge >= 0.3 is 0 Å². The quantitative estimate of drug-likeness (QED) is 0.277. The average Bonchev–Trinajstić information content (AvgIpc) is 3.40. The van der Waals surface area contributed by atoms with Crippen molar-refractivity contribution in [2.75, 3.05) is 0 Å². The van der Waals surface area contributed by atoms with Gasteiger partial charge in [-0.2, -0.15) is 5.10 Å². The molecule has 1 N–H and O–H groups in total. The number of aromatic amines is 1. The molecule has 5 rings (SSSR count). The summed E-state index contributed by atoms with van der Waals surface area (Å²) in [5.41, 5.74) is 1.53. The molecule has 0 radical (unpaired) electrons. The predicted octanol–water partition coefficient (Wildman–Crippen LogP) is 5.25. The summed E-state index contributed by atoms with van der Waals surface area (Å²) in [4.78, 5) is 21.8. The van der Waals surface area contributed by atoms with Crippen LogP contribution in [0.25, 0.3) is 22.3 Å². The first-order valence-electron chi connectivity index (χ1n) is 10.2. The van der Waals surface area contributed by atoms with Gasteiger partial charge in [-0.25, -0.2) is 18.2 Å². The molecule has 5 aromatic rings. The van der Waals surface area contributed by atoms with Gasteiger partial charge in [0.05, 0.1) is 29.1 Å². The van der Waals surface area contributed by atoms with Crippen molar-refractivity contribution in [3.8, 4) is 17.0 Å². The van der Waals surface area contributed by atoms with Crippen molar-refractivity contribution in [1.82, 2.24) is 20.2 Å². The number of hydrogen-bond acceptors (Lipinski definition) is 5. The smallest absolute Gasteiger partial charge is 0.199 e. The highest BCUT2D eigenvalue weighted by molar-refractivity contribution is 6.10. The lowest BCUT2D eigenvalue weighted by Crippen LogP contribution is -2.11. The number of benzene rings is 3. The number of aromatic nitrogens is 4. The number of halogens is 3. The molecule has 0 amide bonds. The minimum absolute atomic E-state index is 0.0800. The molecule has 0 bridgehead atoms. The van der Waals surface area contributed by atoms with E-state index < -0.39 is 34.5 Å². The van der Waals surface area contributed by atoms with Crippen LogP contribution in [0.3, 0.4) is 0 Å². The van der Waals surface area contributed by atoms with Crippen molar-refractivity contribution >= 4 is 16.8 Å². The average molecular weight is 460 g/mol. The van der Waals surface area contributed by atoms with Crippen LogP contribution in [0, 0.1) is 17.5 Å². The highest BCUT2D eigenvalue weighted by atomic mass is 19.2. The minimum Gasteiger partial charge on any atom is -0.486 e. The van der Waals surface area contributed by atoms with Gasteiger partial charge in [-0.3, -0.25) is 14.9 Å². The van der Waals surface area contributed by atoms with E-state index in [4.69, 9.17) is 4.74 Å². The van der Waals surface area contributed by atoms with Gasteiger partial charge in [0, 0.05) is 23.4 Å². The van der Waals surface area contributed by atoms with Crippen LogP contribution in [0.2, 0.25) is 0 Å². The van der Waals surface area contributed by atoms with E-state index in [1.165, 1.54) is 24.4 Å². The normalized spacial score (nSPS) is 11.0. The van der Waals surface area contributed by atoms with Crippen molar-refractivity contribution in [3.05, 3.63) is 107 Å². The maximum absolute atomic E-state index is 15.1. The molecule has 2 aromatic heterocycles. The van der Waals surface area contributed by atoms with Gasteiger partial charge < -0.3 is 4.74 Å². The summed E-state index contributed by atoms with van der Waals surface area (Å²) in [7, 11) is 0. The number of fused-ring (bicyclic) bond motifs is 1. The highest BCUT2D eigenvalue weighted by Crippen LogP contribution is 2.29. The lowest BCUT2D eigenvalue weighted by atomic mass is 10.0. The first-order valence-corrected chi connectivity index (χ1v) is 10.2. The molecular formula is C25H15F3N4O2. The zero-order valence-electron chi connectivity index (χ0n) is 17.4. The van der Waals surface area contributed by atoms with Crippen LogP contribution in [0.4, 0.5) is 13.2 Å². The number of nitrogens with zero attached hydrogens (tertiary/aromatic N) is 3. The van der Waals surface area contributed by atoms with Gasteiger partial charge in [-0.15, -0.1) is 0 Å². The fourth-order valence-corrected chi connectivity index (χ4v) is 3.45. The van der Waals surface area contributed by atoms with Crippen molar-refractivity contribution in [2.24, 2.45) is 0 Å². The summed E-state index contributed by atoms with van der Waals surface area (Å²) in [6.45, 7) is -0.0845. The summed E-state index contributed by atoms with van der Waals surface area (Å²) in [6, 6.07) is 13.6. The molecule has 9 heteroatoms. The molecule has 168 valence electrons. The Bertz CT molecular complexity index is 1510. The number of ketones is 1. The lowest BCUT2D eigenvalue weighted by molar-refractivity contribution is 0.102. The second-order valence-electron chi connectivity index (χ2n) is 7.41. The van der Waals surface area contributed by atoms with E-state index in [0.29, 0.717) is 33.9 Å². The van der Waals surface area contributed by atoms with Crippen LogP contribution in [0.5, 0.6) is 5.75 Å². The molecule has 34 heavy (non-hydrogen) atoms. The summed E-state index contributed by atoms with van der Waals surface area (Å²) in [5, 5.41) is 6.53. The number of carbonyl (C=O) groups is 1. The molecule has 0 spiro atoms. The van der Waals surface area contributed by atoms with Crippen LogP contribution < -0.4 is 4.74 Å². The van der Waals surface area contributed by atoms with E-state index in [2.05, 4.69) is 20.2 Å². The first-order chi connectivity index (χ1) is 16.5. The third kappa shape index (κ3) is 3.99.